The molecule has 0 atom stereocenters. The number of ketones is 1. The first-order valence-corrected chi connectivity index (χ1v) is 11.9. The van der Waals surface area contributed by atoms with Crippen LogP contribution in [0.5, 0.6) is 11.5 Å². The van der Waals surface area contributed by atoms with Gasteiger partial charge in [-0.2, -0.15) is 0 Å². The SMILES string of the molecule is COc1ccc(OC)c2sc(N3C(=O)/C(=C/C(=O)/C=C/c4ccccc4)N=C3c3ccccc3)nc12. The number of hydrogen-bond acceptors (Lipinski definition) is 7. The number of benzene rings is 3. The summed E-state index contributed by atoms with van der Waals surface area (Å²) in [4.78, 5) is 36.9. The molecule has 3 aromatic carbocycles. The Bertz CT molecular complexity index is 1500. The van der Waals surface area contributed by atoms with Gasteiger partial charge in [0.1, 0.15) is 33.2 Å². The number of aromatic nitrogens is 1. The third-order valence-electron chi connectivity index (χ3n) is 5.50. The highest BCUT2D eigenvalue weighted by atomic mass is 32.1. The lowest BCUT2D eigenvalue weighted by atomic mass is 10.2. The second kappa shape index (κ2) is 9.97. The van der Waals surface area contributed by atoms with Crippen LogP contribution in [0.25, 0.3) is 16.3 Å². The molecule has 178 valence electrons. The Balaban J connectivity index is 1.57. The molecule has 0 aliphatic carbocycles. The molecule has 8 heteroatoms. The highest BCUT2D eigenvalue weighted by molar-refractivity contribution is 7.23. The Morgan fingerprint density at radius 1 is 0.917 bits per heavy atom. The molecule has 0 spiro atoms. The van der Waals surface area contributed by atoms with E-state index in [1.807, 2.05) is 60.7 Å². The topological polar surface area (TPSA) is 81.1 Å². The summed E-state index contributed by atoms with van der Waals surface area (Å²) < 4.78 is 11.7. The summed E-state index contributed by atoms with van der Waals surface area (Å²) in [5.41, 5.74) is 2.22. The maximum Gasteiger partial charge on any atom is 0.284 e. The van der Waals surface area contributed by atoms with Crippen LogP contribution in [-0.2, 0) is 9.59 Å². The molecule has 0 bridgehead atoms. The number of methoxy groups -OCH3 is 2. The molecule has 0 saturated carbocycles. The first-order chi connectivity index (χ1) is 17.6. The van der Waals surface area contributed by atoms with Crippen molar-refractivity contribution in [2.75, 3.05) is 19.1 Å². The molecular weight excluding hydrogens is 474 g/mol. The van der Waals surface area contributed by atoms with E-state index < -0.39 is 5.91 Å². The largest absolute Gasteiger partial charge is 0.495 e. The fourth-order valence-corrected chi connectivity index (χ4v) is 4.85. The fraction of sp³-hybridized carbons (Fsp3) is 0.0714. The van der Waals surface area contributed by atoms with E-state index in [0.29, 0.717) is 28.0 Å². The van der Waals surface area contributed by atoms with Crippen LogP contribution in [0, 0.1) is 0 Å². The third kappa shape index (κ3) is 4.42. The first kappa shape index (κ1) is 23.2. The van der Waals surface area contributed by atoms with Gasteiger partial charge in [0.05, 0.1) is 14.2 Å². The number of hydrogen-bond donors (Lipinski definition) is 0. The van der Waals surface area contributed by atoms with Crippen molar-refractivity contribution in [3.05, 3.63) is 102 Å². The number of amidine groups is 1. The van der Waals surface area contributed by atoms with E-state index in [2.05, 4.69) is 4.99 Å². The molecular formula is C28H21N3O4S. The van der Waals surface area contributed by atoms with Gasteiger partial charge in [-0.05, 0) is 23.8 Å². The smallest absolute Gasteiger partial charge is 0.284 e. The van der Waals surface area contributed by atoms with Crippen LogP contribution in [0.1, 0.15) is 11.1 Å². The van der Waals surface area contributed by atoms with Crippen LogP contribution in [-0.4, -0.2) is 36.7 Å². The third-order valence-corrected chi connectivity index (χ3v) is 6.56. The van der Waals surface area contributed by atoms with Gasteiger partial charge in [-0.25, -0.2) is 14.9 Å². The Morgan fingerprint density at radius 2 is 1.58 bits per heavy atom. The van der Waals surface area contributed by atoms with Gasteiger partial charge in [-0.3, -0.25) is 9.59 Å². The van der Waals surface area contributed by atoms with E-state index >= 15 is 0 Å². The number of amides is 1. The molecule has 4 aromatic rings. The van der Waals surface area contributed by atoms with Gasteiger partial charge in [0, 0.05) is 11.6 Å². The maximum absolute atomic E-state index is 13.6. The van der Waals surface area contributed by atoms with E-state index in [1.54, 1.807) is 32.4 Å². The zero-order chi connectivity index (χ0) is 25.1. The summed E-state index contributed by atoms with van der Waals surface area (Å²) in [6.07, 6.45) is 4.37. The fourth-order valence-electron chi connectivity index (χ4n) is 3.77. The average Bonchev–Trinajstić information content (AvgIpc) is 3.49. The van der Waals surface area contributed by atoms with Gasteiger partial charge in [0.15, 0.2) is 10.9 Å². The van der Waals surface area contributed by atoms with E-state index in [4.69, 9.17) is 14.5 Å². The summed E-state index contributed by atoms with van der Waals surface area (Å²) >= 11 is 1.29. The number of anilines is 1. The van der Waals surface area contributed by atoms with E-state index in [0.717, 1.165) is 15.8 Å². The molecule has 1 amide bonds. The Kier molecular flexibility index (Phi) is 6.42. The molecule has 0 saturated heterocycles. The monoisotopic (exact) mass is 495 g/mol. The number of aliphatic imine (C=N–C) groups is 1. The molecule has 1 aromatic heterocycles. The van der Waals surface area contributed by atoms with Gasteiger partial charge in [0.25, 0.3) is 5.91 Å². The average molecular weight is 496 g/mol. The highest BCUT2D eigenvalue weighted by Gasteiger charge is 2.35. The van der Waals surface area contributed by atoms with Crippen LogP contribution in [0.3, 0.4) is 0 Å². The second-order valence-corrected chi connectivity index (χ2v) is 8.74. The number of carbonyl (C=O) groups excluding carboxylic acids is 2. The molecule has 0 N–H and O–H groups in total. The van der Waals surface area contributed by atoms with E-state index in [-0.39, 0.29) is 11.5 Å². The van der Waals surface area contributed by atoms with Crippen molar-refractivity contribution in [2.45, 2.75) is 0 Å². The lowest BCUT2D eigenvalue weighted by Gasteiger charge is -2.14. The van der Waals surface area contributed by atoms with Gasteiger partial charge < -0.3 is 9.47 Å². The lowest BCUT2D eigenvalue weighted by Crippen LogP contribution is -2.32. The van der Waals surface area contributed by atoms with Crippen molar-refractivity contribution in [3.8, 4) is 11.5 Å². The zero-order valence-corrected chi connectivity index (χ0v) is 20.4. The zero-order valence-electron chi connectivity index (χ0n) is 19.5. The maximum atomic E-state index is 13.6. The predicted molar refractivity (Wildman–Crippen MR) is 142 cm³/mol. The summed E-state index contributed by atoms with van der Waals surface area (Å²) in [5, 5.41) is 0.399. The molecule has 0 radical (unpaired) electrons. The Hall–Kier alpha value is -4.56. The molecule has 0 fully saturated rings. The molecule has 36 heavy (non-hydrogen) atoms. The molecule has 1 aliphatic rings. The Labute approximate surface area is 211 Å². The Morgan fingerprint density at radius 3 is 2.28 bits per heavy atom. The number of ether oxygens (including phenoxy) is 2. The van der Waals surface area contributed by atoms with Crippen molar-refractivity contribution in [1.29, 1.82) is 0 Å². The number of rotatable bonds is 7. The first-order valence-electron chi connectivity index (χ1n) is 11.1. The number of carbonyl (C=O) groups is 2. The number of thiazole rings is 1. The molecule has 1 aliphatic heterocycles. The van der Waals surface area contributed by atoms with E-state index in [9.17, 15) is 9.59 Å². The van der Waals surface area contributed by atoms with Gasteiger partial charge >= 0.3 is 0 Å². The highest BCUT2D eigenvalue weighted by Crippen LogP contribution is 2.41. The molecule has 0 unspecified atom stereocenters. The summed E-state index contributed by atoms with van der Waals surface area (Å²) in [6.45, 7) is 0. The summed E-state index contributed by atoms with van der Waals surface area (Å²) in [7, 11) is 3.14. The molecule has 5 rings (SSSR count). The van der Waals surface area contributed by atoms with Gasteiger partial charge in [0.2, 0.25) is 0 Å². The van der Waals surface area contributed by atoms with Crippen molar-refractivity contribution in [2.24, 2.45) is 4.99 Å². The van der Waals surface area contributed by atoms with Crippen LogP contribution in [0.4, 0.5) is 5.13 Å². The number of nitrogens with zero attached hydrogens (tertiary/aromatic N) is 3. The normalized spacial score (nSPS) is 14.6. The minimum absolute atomic E-state index is 0.0368. The lowest BCUT2D eigenvalue weighted by molar-refractivity contribution is -0.115. The van der Waals surface area contributed by atoms with Crippen LogP contribution >= 0.6 is 11.3 Å². The van der Waals surface area contributed by atoms with Crippen molar-refractivity contribution < 1.29 is 19.1 Å². The minimum Gasteiger partial charge on any atom is -0.495 e. The quantitative estimate of drug-likeness (QED) is 0.326. The van der Waals surface area contributed by atoms with Gasteiger partial charge in [-0.1, -0.05) is 78.1 Å². The molecule has 2 heterocycles. The summed E-state index contributed by atoms with van der Waals surface area (Å²) in [5.74, 6) is 0.801. The van der Waals surface area contributed by atoms with Crippen LogP contribution < -0.4 is 14.4 Å². The van der Waals surface area contributed by atoms with Crippen molar-refractivity contribution in [3.63, 3.8) is 0 Å². The standard InChI is InChI=1S/C28H21N3O4S/c1-34-22-15-16-23(35-2)25-24(22)30-28(36-25)31-26(19-11-7-4-8-12-19)29-21(27(31)33)17-20(32)14-13-18-9-5-3-6-10-18/h3-17H,1-2H3/b14-13+,21-17-. The van der Waals surface area contributed by atoms with Gasteiger partial charge in [-0.15, -0.1) is 0 Å². The van der Waals surface area contributed by atoms with Crippen molar-refractivity contribution >= 4 is 50.3 Å². The van der Waals surface area contributed by atoms with Crippen LogP contribution in [0.15, 0.2) is 95.6 Å². The second-order valence-electron chi connectivity index (χ2n) is 7.76. The minimum atomic E-state index is -0.438. The predicted octanol–water partition coefficient (Wildman–Crippen LogP) is 5.27. The molecule has 7 nitrogen and oxygen atoms in total. The van der Waals surface area contributed by atoms with Crippen LogP contribution in [0.2, 0.25) is 0 Å². The summed E-state index contributed by atoms with van der Waals surface area (Å²) in [6, 6.07) is 22.3. The number of fused-ring (bicyclic) bond motifs is 1. The number of allylic oxidation sites excluding steroid dienone is 2. The van der Waals surface area contributed by atoms with Crippen molar-refractivity contribution in [1.82, 2.24) is 4.98 Å². The van der Waals surface area contributed by atoms with E-state index in [1.165, 1.54) is 28.4 Å².